The normalized spacial score (nSPS) is 18.8. The Kier molecular flexibility index (Phi) is 4.60. The molecule has 0 saturated carbocycles. The van der Waals surface area contributed by atoms with Gasteiger partial charge in [-0.2, -0.15) is 0 Å². The van der Waals surface area contributed by atoms with Crippen molar-refractivity contribution >= 4 is 29.1 Å². The van der Waals surface area contributed by atoms with E-state index in [-0.39, 0.29) is 22.8 Å². The number of rotatable bonds is 2. The standard InChI is InChI=1S/C14H16ClFN2O2/c1-9(19)18-6-2-3-10(8-18)14(20)17-11-4-5-12(15)13(16)7-11/h4-5,7,10H,2-3,6,8H2,1H3,(H,17,20)/t10-/m0/s1. The number of piperidine rings is 1. The van der Waals surface area contributed by atoms with Crippen molar-refractivity contribution in [3.8, 4) is 0 Å². The van der Waals surface area contributed by atoms with E-state index < -0.39 is 5.82 Å². The number of nitrogens with one attached hydrogen (secondary N) is 1. The summed E-state index contributed by atoms with van der Waals surface area (Å²) in [4.78, 5) is 25.1. The summed E-state index contributed by atoms with van der Waals surface area (Å²) in [5, 5.41) is 2.68. The zero-order valence-electron chi connectivity index (χ0n) is 11.2. The van der Waals surface area contributed by atoms with Gasteiger partial charge in [0.1, 0.15) is 5.82 Å². The van der Waals surface area contributed by atoms with Gasteiger partial charge in [-0.15, -0.1) is 0 Å². The van der Waals surface area contributed by atoms with E-state index in [9.17, 15) is 14.0 Å². The Morgan fingerprint density at radius 1 is 1.45 bits per heavy atom. The molecule has 1 aliphatic heterocycles. The summed E-state index contributed by atoms with van der Waals surface area (Å²) < 4.78 is 13.3. The van der Waals surface area contributed by atoms with Crippen LogP contribution in [-0.2, 0) is 9.59 Å². The van der Waals surface area contributed by atoms with Crippen molar-refractivity contribution in [3.63, 3.8) is 0 Å². The predicted molar refractivity (Wildman–Crippen MR) is 75.0 cm³/mol. The van der Waals surface area contributed by atoms with E-state index in [1.165, 1.54) is 19.1 Å². The number of anilines is 1. The SMILES string of the molecule is CC(=O)N1CCC[C@H](C(=O)Nc2ccc(Cl)c(F)c2)C1. The lowest BCUT2D eigenvalue weighted by Crippen LogP contribution is -2.42. The molecule has 1 aromatic rings. The van der Waals surface area contributed by atoms with Gasteiger partial charge in [-0.3, -0.25) is 9.59 Å². The second-order valence-corrected chi connectivity index (χ2v) is 5.33. The molecule has 0 unspecified atom stereocenters. The van der Waals surface area contributed by atoms with Crippen LogP contribution in [0.4, 0.5) is 10.1 Å². The molecule has 0 aromatic heterocycles. The van der Waals surface area contributed by atoms with Gasteiger partial charge in [0.2, 0.25) is 11.8 Å². The number of hydrogen-bond donors (Lipinski definition) is 1. The van der Waals surface area contributed by atoms with E-state index in [1.54, 1.807) is 11.0 Å². The van der Waals surface area contributed by atoms with Crippen molar-refractivity contribution in [3.05, 3.63) is 29.0 Å². The Hall–Kier alpha value is -1.62. The van der Waals surface area contributed by atoms with Crippen molar-refractivity contribution in [1.29, 1.82) is 0 Å². The first kappa shape index (κ1) is 14.8. The van der Waals surface area contributed by atoms with Crippen LogP contribution in [0.5, 0.6) is 0 Å². The molecule has 6 heteroatoms. The van der Waals surface area contributed by atoms with Crippen molar-refractivity contribution in [2.45, 2.75) is 19.8 Å². The molecular weight excluding hydrogens is 283 g/mol. The molecule has 1 fully saturated rings. The molecule has 0 bridgehead atoms. The fraction of sp³-hybridized carbons (Fsp3) is 0.429. The fourth-order valence-corrected chi connectivity index (χ4v) is 2.41. The molecule has 1 heterocycles. The van der Waals surface area contributed by atoms with Gasteiger partial charge in [-0.1, -0.05) is 11.6 Å². The van der Waals surface area contributed by atoms with Crippen LogP contribution in [0.25, 0.3) is 0 Å². The predicted octanol–water partition coefficient (Wildman–Crippen LogP) is 2.68. The minimum atomic E-state index is -0.571. The maximum absolute atomic E-state index is 13.3. The van der Waals surface area contributed by atoms with Crippen LogP contribution in [0.15, 0.2) is 18.2 Å². The molecule has 1 saturated heterocycles. The van der Waals surface area contributed by atoms with Gasteiger partial charge in [0.05, 0.1) is 10.9 Å². The number of benzene rings is 1. The number of carbonyl (C=O) groups is 2. The summed E-state index contributed by atoms with van der Waals surface area (Å²) in [5.41, 5.74) is 0.372. The van der Waals surface area contributed by atoms with Gasteiger partial charge >= 0.3 is 0 Å². The second-order valence-electron chi connectivity index (χ2n) is 4.92. The molecule has 108 valence electrons. The Bertz CT molecular complexity index is 536. The summed E-state index contributed by atoms with van der Waals surface area (Å²) in [7, 11) is 0. The van der Waals surface area contributed by atoms with E-state index in [2.05, 4.69) is 5.32 Å². The number of likely N-dealkylation sites (tertiary alicyclic amines) is 1. The lowest BCUT2D eigenvalue weighted by atomic mass is 9.97. The summed E-state index contributed by atoms with van der Waals surface area (Å²) in [6.45, 7) is 2.60. The van der Waals surface area contributed by atoms with Crippen LogP contribution in [0.3, 0.4) is 0 Å². The van der Waals surface area contributed by atoms with Gasteiger partial charge in [0, 0.05) is 25.7 Å². The molecule has 1 atom stereocenters. The van der Waals surface area contributed by atoms with Gasteiger partial charge in [-0.25, -0.2) is 4.39 Å². The molecule has 2 amide bonds. The minimum absolute atomic E-state index is 0.0171. The molecule has 1 aliphatic rings. The molecular formula is C14H16ClFN2O2. The van der Waals surface area contributed by atoms with Crippen molar-refractivity contribution in [1.82, 2.24) is 4.90 Å². The fourth-order valence-electron chi connectivity index (χ4n) is 2.30. The Balaban J connectivity index is 2.00. The third-order valence-corrected chi connectivity index (χ3v) is 3.73. The highest BCUT2D eigenvalue weighted by Gasteiger charge is 2.27. The van der Waals surface area contributed by atoms with E-state index in [1.807, 2.05) is 0 Å². The van der Waals surface area contributed by atoms with Crippen LogP contribution >= 0.6 is 11.6 Å². The highest BCUT2D eigenvalue weighted by molar-refractivity contribution is 6.30. The minimum Gasteiger partial charge on any atom is -0.342 e. The maximum atomic E-state index is 13.3. The zero-order valence-corrected chi connectivity index (χ0v) is 11.9. The lowest BCUT2D eigenvalue weighted by Gasteiger charge is -2.31. The monoisotopic (exact) mass is 298 g/mol. The molecule has 0 spiro atoms. The smallest absolute Gasteiger partial charge is 0.229 e. The molecule has 1 N–H and O–H groups in total. The quantitative estimate of drug-likeness (QED) is 0.912. The van der Waals surface area contributed by atoms with E-state index in [0.29, 0.717) is 18.8 Å². The van der Waals surface area contributed by atoms with Crippen LogP contribution < -0.4 is 5.32 Å². The summed E-state index contributed by atoms with van der Waals surface area (Å²) >= 11 is 5.59. The summed E-state index contributed by atoms with van der Waals surface area (Å²) in [5.74, 6) is -1.05. The van der Waals surface area contributed by atoms with Crippen molar-refractivity contribution in [2.75, 3.05) is 18.4 Å². The Morgan fingerprint density at radius 2 is 2.20 bits per heavy atom. The van der Waals surface area contributed by atoms with Gasteiger partial charge < -0.3 is 10.2 Å². The molecule has 1 aromatic carbocycles. The number of carbonyl (C=O) groups excluding carboxylic acids is 2. The Labute approximate surface area is 121 Å². The zero-order chi connectivity index (χ0) is 14.7. The van der Waals surface area contributed by atoms with Gasteiger partial charge in [-0.05, 0) is 31.0 Å². The summed E-state index contributed by atoms with van der Waals surface area (Å²) in [6.07, 6.45) is 1.53. The molecule has 0 radical (unpaired) electrons. The molecule has 2 rings (SSSR count). The summed E-state index contributed by atoms with van der Waals surface area (Å²) in [6, 6.07) is 4.13. The molecule has 0 aliphatic carbocycles. The lowest BCUT2D eigenvalue weighted by molar-refractivity contribution is -0.132. The van der Waals surface area contributed by atoms with Gasteiger partial charge in [0.15, 0.2) is 0 Å². The average Bonchev–Trinajstić information content (AvgIpc) is 2.43. The average molecular weight is 299 g/mol. The van der Waals surface area contributed by atoms with Crippen molar-refractivity contribution < 1.29 is 14.0 Å². The van der Waals surface area contributed by atoms with Crippen LogP contribution in [0, 0.1) is 11.7 Å². The van der Waals surface area contributed by atoms with E-state index in [0.717, 1.165) is 12.8 Å². The first-order chi connectivity index (χ1) is 9.47. The maximum Gasteiger partial charge on any atom is 0.229 e. The van der Waals surface area contributed by atoms with Crippen LogP contribution in [0.1, 0.15) is 19.8 Å². The highest BCUT2D eigenvalue weighted by atomic mass is 35.5. The second kappa shape index (κ2) is 6.22. The van der Waals surface area contributed by atoms with Crippen molar-refractivity contribution in [2.24, 2.45) is 5.92 Å². The van der Waals surface area contributed by atoms with E-state index >= 15 is 0 Å². The number of hydrogen-bond acceptors (Lipinski definition) is 2. The molecule has 4 nitrogen and oxygen atoms in total. The third kappa shape index (κ3) is 3.48. The Morgan fingerprint density at radius 3 is 2.85 bits per heavy atom. The highest BCUT2D eigenvalue weighted by Crippen LogP contribution is 2.21. The number of nitrogens with zero attached hydrogens (tertiary/aromatic N) is 1. The topological polar surface area (TPSA) is 49.4 Å². The largest absolute Gasteiger partial charge is 0.342 e. The first-order valence-electron chi connectivity index (χ1n) is 6.49. The first-order valence-corrected chi connectivity index (χ1v) is 6.86. The van der Waals surface area contributed by atoms with Crippen LogP contribution in [-0.4, -0.2) is 29.8 Å². The van der Waals surface area contributed by atoms with E-state index in [4.69, 9.17) is 11.6 Å². The van der Waals surface area contributed by atoms with Gasteiger partial charge in [0.25, 0.3) is 0 Å². The number of halogens is 2. The van der Waals surface area contributed by atoms with Crippen LogP contribution in [0.2, 0.25) is 5.02 Å². The third-order valence-electron chi connectivity index (χ3n) is 3.42. The molecule has 20 heavy (non-hydrogen) atoms. The number of amides is 2.